The lowest BCUT2D eigenvalue weighted by Gasteiger charge is -2.43. The summed E-state index contributed by atoms with van der Waals surface area (Å²) in [6, 6.07) is 42.1. The van der Waals surface area contributed by atoms with Crippen molar-refractivity contribution < 1.29 is 14.3 Å². The zero-order valence-corrected chi connectivity index (χ0v) is 27.2. The van der Waals surface area contributed by atoms with E-state index in [1.54, 1.807) is 4.90 Å². The highest BCUT2D eigenvalue weighted by atomic mass is 16.5. The van der Waals surface area contributed by atoms with Crippen LogP contribution in [0.2, 0.25) is 0 Å². The average molecular weight is 621 g/mol. The van der Waals surface area contributed by atoms with Gasteiger partial charge in [-0.2, -0.15) is 0 Å². The van der Waals surface area contributed by atoms with E-state index in [1.807, 2.05) is 111 Å². The van der Waals surface area contributed by atoms with Gasteiger partial charge in [-0.3, -0.25) is 19.5 Å². The van der Waals surface area contributed by atoms with Crippen molar-refractivity contribution in [3.63, 3.8) is 0 Å². The summed E-state index contributed by atoms with van der Waals surface area (Å²) in [4.78, 5) is 35.5. The molecule has 2 fully saturated rings. The van der Waals surface area contributed by atoms with Crippen LogP contribution in [0.25, 0.3) is 0 Å². The fourth-order valence-electron chi connectivity index (χ4n) is 7.21. The number of benzene rings is 4. The molecule has 4 aromatic carbocycles. The smallest absolute Gasteiger partial charge is 0.237 e. The molecule has 2 atom stereocenters. The first-order valence-corrected chi connectivity index (χ1v) is 16.5. The quantitative estimate of drug-likeness (QED) is 0.116. The van der Waals surface area contributed by atoms with Crippen molar-refractivity contribution in [1.29, 1.82) is 0 Å². The Hall–Kier alpha value is -5.03. The van der Waals surface area contributed by atoms with Crippen molar-refractivity contribution in [1.82, 2.24) is 9.88 Å². The molecule has 0 unspecified atom stereocenters. The van der Waals surface area contributed by atoms with Crippen LogP contribution in [0.3, 0.4) is 0 Å². The normalized spacial score (nSPS) is 18.7. The van der Waals surface area contributed by atoms with Gasteiger partial charge in [0.1, 0.15) is 17.9 Å². The summed E-state index contributed by atoms with van der Waals surface area (Å²) >= 11 is 0. The standard InChI is InChI=1S/C42H40N2O3/c1-29-25-37(26-38(43-29)33-23-24-33)47-28-31-19-21-32(22-20-31)30(2)41(3)27-39(45)44(40(41)46)42(34-13-7-4-8-14-34,35-15-9-5-10-16-35)36-17-11-6-12-18-36/h4-22,25-26,30,33H,23-24,27-28H2,1-3H3/t30-,41+/m1/s1. The highest BCUT2D eigenvalue weighted by Gasteiger charge is 2.59. The van der Waals surface area contributed by atoms with Gasteiger partial charge in [0.25, 0.3) is 0 Å². The molecule has 236 valence electrons. The molecule has 1 aliphatic carbocycles. The third kappa shape index (κ3) is 5.54. The summed E-state index contributed by atoms with van der Waals surface area (Å²) in [5.74, 6) is 0.863. The molecule has 1 aliphatic heterocycles. The molecule has 47 heavy (non-hydrogen) atoms. The molecule has 5 nitrogen and oxygen atoms in total. The molecule has 2 aliphatic rings. The predicted octanol–water partition coefficient (Wildman–Crippen LogP) is 8.71. The molecule has 7 rings (SSSR count). The van der Waals surface area contributed by atoms with Crippen molar-refractivity contribution in [3.8, 4) is 5.75 Å². The number of carbonyl (C=O) groups excluding carboxylic acids is 2. The summed E-state index contributed by atoms with van der Waals surface area (Å²) in [5.41, 5.74) is 4.70. The number of rotatable bonds is 10. The molecule has 1 aromatic heterocycles. The van der Waals surface area contributed by atoms with Gasteiger partial charge in [-0.25, -0.2) is 0 Å². The number of likely N-dealkylation sites (tertiary alicyclic amines) is 1. The van der Waals surface area contributed by atoms with Crippen molar-refractivity contribution >= 4 is 11.8 Å². The van der Waals surface area contributed by atoms with E-state index in [2.05, 4.69) is 42.2 Å². The van der Waals surface area contributed by atoms with E-state index in [0.29, 0.717) is 12.5 Å². The molecule has 1 saturated heterocycles. The van der Waals surface area contributed by atoms with Crippen LogP contribution in [0.4, 0.5) is 0 Å². The van der Waals surface area contributed by atoms with E-state index in [-0.39, 0.29) is 24.2 Å². The van der Waals surface area contributed by atoms with Gasteiger partial charge >= 0.3 is 0 Å². The zero-order chi connectivity index (χ0) is 32.6. The Morgan fingerprint density at radius 2 is 1.34 bits per heavy atom. The number of aryl methyl sites for hydroxylation is 1. The minimum atomic E-state index is -1.12. The number of carbonyl (C=O) groups is 2. The van der Waals surface area contributed by atoms with Crippen LogP contribution >= 0.6 is 0 Å². The number of imide groups is 1. The Balaban J connectivity index is 1.20. The predicted molar refractivity (Wildman–Crippen MR) is 184 cm³/mol. The van der Waals surface area contributed by atoms with Crippen molar-refractivity contribution in [2.24, 2.45) is 5.41 Å². The highest BCUT2D eigenvalue weighted by molar-refractivity contribution is 6.08. The molecular weight excluding hydrogens is 580 g/mol. The van der Waals surface area contributed by atoms with Gasteiger partial charge in [-0.1, -0.05) is 122 Å². The fraction of sp³-hybridized carbons (Fsp3) is 0.262. The van der Waals surface area contributed by atoms with E-state index in [4.69, 9.17) is 4.74 Å². The molecule has 0 spiro atoms. The number of nitrogens with zero attached hydrogens (tertiary/aromatic N) is 2. The van der Waals surface area contributed by atoms with Gasteiger partial charge in [0, 0.05) is 35.9 Å². The van der Waals surface area contributed by atoms with Crippen LogP contribution in [0.1, 0.15) is 84.2 Å². The van der Waals surface area contributed by atoms with Crippen molar-refractivity contribution in [3.05, 3.63) is 167 Å². The lowest BCUT2D eigenvalue weighted by atomic mass is 9.72. The lowest BCUT2D eigenvalue weighted by Crippen LogP contribution is -2.52. The van der Waals surface area contributed by atoms with E-state index in [0.717, 1.165) is 45.0 Å². The summed E-state index contributed by atoms with van der Waals surface area (Å²) < 4.78 is 6.17. The minimum absolute atomic E-state index is 0.122. The van der Waals surface area contributed by atoms with Crippen molar-refractivity contribution in [2.45, 2.75) is 64.0 Å². The maximum absolute atomic E-state index is 14.9. The van der Waals surface area contributed by atoms with Gasteiger partial charge in [0.2, 0.25) is 11.8 Å². The van der Waals surface area contributed by atoms with Crippen LogP contribution in [0, 0.1) is 12.3 Å². The van der Waals surface area contributed by atoms with Gasteiger partial charge in [-0.15, -0.1) is 0 Å². The maximum atomic E-state index is 14.9. The van der Waals surface area contributed by atoms with E-state index in [1.165, 1.54) is 12.8 Å². The summed E-state index contributed by atoms with van der Waals surface area (Å²) in [6.07, 6.45) is 2.52. The Labute approximate surface area is 277 Å². The van der Waals surface area contributed by atoms with Crippen LogP contribution in [-0.4, -0.2) is 21.7 Å². The molecule has 2 amide bonds. The summed E-state index contributed by atoms with van der Waals surface area (Å²) in [7, 11) is 0. The summed E-state index contributed by atoms with van der Waals surface area (Å²) in [6.45, 7) is 6.46. The molecule has 5 heteroatoms. The lowest BCUT2D eigenvalue weighted by molar-refractivity contribution is -0.146. The van der Waals surface area contributed by atoms with E-state index in [9.17, 15) is 9.59 Å². The topological polar surface area (TPSA) is 59.5 Å². The number of hydrogen-bond acceptors (Lipinski definition) is 4. The maximum Gasteiger partial charge on any atom is 0.237 e. The minimum Gasteiger partial charge on any atom is -0.489 e. The van der Waals surface area contributed by atoms with Gasteiger partial charge in [-0.05, 0) is 60.4 Å². The number of aromatic nitrogens is 1. The Morgan fingerprint density at radius 1 is 0.809 bits per heavy atom. The summed E-state index contributed by atoms with van der Waals surface area (Å²) in [5, 5.41) is 0. The second kappa shape index (κ2) is 12.3. The SMILES string of the molecule is Cc1cc(OCc2ccc([C@@H](C)[C@]3(C)CC(=O)N(C(c4ccccc4)(c4ccccc4)c4ccccc4)C3=O)cc2)cc(C2CC2)n1. The van der Waals surface area contributed by atoms with Gasteiger partial charge in [0.15, 0.2) is 0 Å². The molecule has 0 N–H and O–H groups in total. The molecule has 0 radical (unpaired) electrons. The second-order valence-corrected chi connectivity index (χ2v) is 13.3. The fourth-order valence-corrected chi connectivity index (χ4v) is 7.21. The Morgan fingerprint density at radius 3 is 1.85 bits per heavy atom. The van der Waals surface area contributed by atoms with Gasteiger partial charge in [0.05, 0.1) is 5.41 Å². The molecule has 0 bridgehead atoms. The zero-order valence-electron chi connectivity index (χ0n) is 27.2. The Bertz CT molecular complexity index is 1790. The largest absolute Gasteiger partial charge is 0.489 e. The number of amides is 2. The highest BCUT2D eigenvalue weighted by Crippen LogP contribution is 2.52. The average Bonchev–Trinajstić information content (AvgIpc) is 3.93. The van der Waals surface area contributed by atoms with Crippen LogP contribution in [0.5, 0.6) is 5.75 Å². The van der Waals surface area contributed by atoms with E-state index >= 15 is 0 Å². The second-order valence-electron chi connectivity index (χ2n) is 13.3. The van der Waals surface area contributed by atoms with Gasteiger partial charge < -0.3 is 4.74 Å². The number of pyridine rings is 1. The molecule has 2 heterocycles. The Kier molecular flexibility index (Phi) is 8.01. The molecule has 1 saturated carbocycles. The van der Waals surface area contributed by atoms with E-state index < -0.39 is 11.0 Å². The first kappa shape index (κ1) is 30.6. The number of ether oxygens (including phenoxy) is 1. The van der Waals surface area contributed by atoms with Crippen molar-refractivity contribution in [2.75, 3.05) is 0 Å². The molecule has 5 aromatic rings. The van der Waals surface area contributed by atoms with Crippen LogP contribution in [0.15, 0.2) is 127 Å². The third-order valence-corrected chi connectivity index (χ3v) is 10.2. The monoisotopic (exact) mass is 620 g/mol. The van der Waals surface area contributed by atoms with Crippen LogP contribution in [-0.2, 0) is 21.7 Å². The number of hydrogen-bond donors (Lipinski definition) is 0. The first-order valence-electron chi connectivity index (χ1n) is 16.5. The first-order chi connectivity index (χ1) is 22.8. The molecular formula is C42H40N2O3. The van der Waals surface area contributed by atoms with Crippen LogP contribution < -0.4 is 4.74 Å². The third-order valence-electron chi connectivity index (χ3n) is 10.2.